The number of halogens is 1. The lowest BCUT2D eigenvalue weighted by atomic mass is 10.1. The van der Waals surface area contributed by atoms with Crippen LogP contribution in [0.15, 0.2) is 51.4 Å². The summed E-state index contributed by atoms with van der Waals surface area (Å²) >= 11 is 3.46. The molecular formula is C19H19BrN2O. The zero-order chi connectivity index (χ0) is 15.6. The van der Waals surface area contributed by atoms with E-state index < -0.39 is 0 Å². The minimum atomic E-state index is 0.683. The topological polar surface area (TPSA) is 29.3 Å². The van der Waals surface area contributed by atoms with Crippen LogP contribution in [0.5, 0.6) is 0 Å². The van der Waals surface area contributed by atoms with Crippen molar-refractivity contribution in [3.05, 3.63) is 52.5 Å². The first-order valence-corrected chi connectivity index (χ1v) is 8.95. The lowest BCUT2D eigenvalue weighted by molar-refractivity contribution is 0.221. The molecule has 1 aromatic heterocycles. The molecule has 4 rings (SSSR count). The van der Waals surface area contributed by atoms with Gasteiger partial charge >= 0.3 is 0 Å². The first-order valence-electron chi connectivity index (χ1n) is 8.16. The molecule has 0 amide bonds. The molecule has 0 saturated carbocycles. The molecule has 0 atom stereocenters. The van der Waals surface area contributed by atoms with Crippen molar-refractivity contribution in [2.24, 2.45) is 0 Å². The molecule has 1 fully saturated rings. The molecule has 118 valence electrons. The lowest BCUT2D eigenvalue weighted by Crippen LogP contribution is -2.28. The van der Waals surface area contributed by atoms with Gasteiger partial charge in [0.25, 0.3) is 0 Å². The van der Waals surface area contributed by atoms with E-state index in [4.69, 9.17) is 4.42 Å². The molecule has 0 aliphatic carbocycles. The molecule has 0 N–H and O–H groups in total. The van der Waals surface area contributed by atoms with E-state index in [1.165, 1.54) is 37.9 Å². The van der Waals surface area contributed by atoms with Crippen LogP contribution in [0.1, 0.15) is 24.8 Å². The minimum absolute atomic E-state index is 0.683. The zero-order valence-electron chi connectivity index (χ0n) is 13.0. The van der Waals surface area contributed by atoms with Gasteiger partial charge in [-0.05, 0) is 61.8 Å². The highest BCUT2D eigenvalue weighted by molar-refractivity contribution is 9.10. The van der Waals surface area contributed by atoms with E-state index in [1.807, 2.05) is 18.2 Å². The number of hydrogen-bond acceptors (Lipinski definition) is 3. The highest BCUT2D eigenvalue weighted by atomic mass is 79.9. The Morgan fingerprint density at radius 3 is 2.57 bits per heavy atom. The molecule has 3 nitrogen and oxygen atoms in total. The second-order valence-electron chi connectivity index (χ2n) is 6.16. The quantitative estimate of drug-likeness (QED) is 0.630. The summed E-state index contributed by atoms with van der Waals surface area (Å²) in [5.74, 6) is 0.683. The first-order chi connectivity index (χ1) is 11.3. The monoisotopic (exact) mass is 370 g/mol. The summed E-state index contributed by atoms with van der Waals surface area (Å²) in [5.41, 5.74) is 4.08. The average Bonchev–Trinajstić information content (AvgIpc) is 2.99. The first kappa shape index (κ1) is 14.9. The van der Waals surface area contributed by atoms with Crippen LogP contribution in [0.25, 0.3) is 22.6 Å². The molecule has 3 aromatic rings. The number of benzene rings is 2. The Labute approximate surface area is 144 Å². The minimum Gasteiger partial charge on any atom is -0.436 e. The molecule has 23 heavy (non-hydrogen) atoms. The van der Waals surface area contributed by atoms with Crippen LogP contribution in [0, 0.1) is 0 Å². The Morgan fingerprint density at radius 2 is 1.78 bits per heavy atom. The molecule has 0 unspecified atom stereocenters. The SMILES string of the molecule is Brc1ccc2nc(-c3ccc(CN4CCCCC4)cc3)oc2c1. The number of nitrogens with zero attached hydrogens (tertiary/aromatic N) is 2. The summed E-state index contributed by atoms with van der Waals surface area (Å²) in [6.45, 7) is 3.49. The standard InChI is InChI=1S/C19H19BrN2O/c20-16-8-9-17-18(12-16)23-19(21-17)15-6-4-14(5-7-15)13-22-10-2-1-3-11-22/h4-9,12H,1-3,10-11,13H2. The van der Waals surface area contributed by atoms with E-state index in [1.54, 1.807) is 0 Å². The average molecular weight is 371 g/mol. The second kappa shape index (κ2) is 6.46. The van der Waals surface area contributed by atoms with Gasteiger partial charge in [0.1, 0.15) is 5.52 Å². The maximum Gasteiger partial charge on any atom is 0.227 e. The summed E-state index contributed by atoms with van der Waals surface area (Å²) in [4.78, 5) is 7.11. The summed E-state index contributed by atoms with van der Waals surface area (Å²) in [6.07, 6.45) is 4.04. The summed E-state index contributed by atoms with van der Waals surface area (Å²) in [5, 5.41) is 0. The maximum absolute atomic E-state index is 5.87. The van der Waals surface area contributed by atoms with E-state index in [0.717, 1.165) is 27.7 Å². The molecule has 1 aliphatic rings. The third-order valence-electron chi connectivity index (χ3n) is 4.41. The van der Waals surface area contributed by atoms with Gasteiger partial charge in [-0.3, -0.25) is 4.90 Å². The van der Waals surface area contributed by atoms with Crippen molar-refractivity contribution in [3.63, 3.8) is 0 Å². The lowest BCUT2D eigenvalue weighted by Gasteiger charge is -2.26. The van der Waals surface area contributed by atoms with Crippen molar-refractivity contribution in [2.45, 2.75) is 25.8 Å². The van der Waals surface area contributed by atoms with Gasteiger partial charge in [0, 0.05) is 16.6 Å². The van der Waals surface area contributed by atoms with Crippen LogP contribution < -0.4 is 0 Å². The second-order valence-corrected chi connectivity index (χ2v) is 7.08. The number of fused-ring (bicyclic) bond motifs is 1. The van der Waals surface area contributed by atoms with Gasteiger partial charge in [-0.2, -0.15) is 0 Å². The predicted molar refractivity (Wildman–Crippen MR) is 96.3 cm³/mol. The fourth-order valence-electron chi connectivity index (χ4n) is 3.15. The molecule has 4 heteroatoms. The smallest absolute Gasteiger partial charge is 0.227 e. The molecular weight excluding hydrogens is 352 g/mol. The van der Waals surface area contributed by atoms with Crippen molar-refractivity contribution in [2.75, 3.05) is 13.1 Å². The molecule has 2 aromatic carbocycles. The number of aromatic nitrogens is 1. The Balaban J connectivity index is 1.54. The van der Waals surface area contributed by atoms with Crippen LogP contribution >= 0.6 is 15.9 Å². The summed E-state index contributed by atoms with van der Waals surface area (Å²) in [6, 6.07) is 14.5. The number of hydrogen-bond donors (Lipinski definition) is 0. The molecule has 2 heterocycles. The van der Waals surface area contributed by atoms with Crippen molar-refractivity contribution in [3.8, 4) is 11.5 Å². The van der Waals surface area contributed by atoms with Crippen LogP contribution in [0.3, 0.4) is 0 Å². The zero-order valence-corrected chi connectivity index (χ0v) is 14.6. The molecule has 0 bridgehead atoms. The van der Waals surface area contributed by atoms with Gasteiger partial charge in [-0.25, -0.2) is 4.98 Å². The third-order valence-corrected chi connectivity index (χ3v) is 4.90. The summed E-state index contributed by atoms with van der Waals surface area (Å²) in [7, 11) is 0. The van der Waals surface area contributed by atoms with Gasteiger partial charge in [0.2, 0.25) is 5.89 Å². The van der Waals surface area contributed by atoms with E-state index >= 15 is 0 Å². The van der Waals surface area contributed by atoms with Crippen molar-refractivity contribution in [1.82, 2.24) is 9.88 Å². The molecule has 0 radical (unpaired) electrons. The largest absolute Gasteiger partial charge is 0.436 e. The number of likely N-dealkylation sites (tertiary alicyclic amines) is 1. The van der Waals surface area contributed by atoms with E-state index in [2.05, 4.69) is 50.1 Å². The number of piperidine rings is 1. The van der Waals surface area contributed by atoms with Crippen molar-refractivity contribution < 1.29 is 4.42 Å². The highest BCUT2D eigenvalue weighted by Crippen LogP contribution is 2.27. The predicted octanol–water partition coefficient (Wildman–Crippen LogP) is 5.24. The number of rotatable bonds is 3. The molecule has 0 spiro atoms. The van der Waals surface area contributed by atoms with Crippen LogP contribution in [-0.2, 0) is 6.54 Å². The van der Waals surface area contributed by atoms with Gasteiger partial charge in [-0.15, -0.1) is 0 Å². The Bertz CT molecular complexity index is 804. The fraction of sp³-hybridized carbons (Fsp3) is 0.316. The van der Waals surface area contributed by atoms with Crippen LogP contribution in [0.4, 0.5) is 0 Å². The highest BCUT2D eigenvalue weighted by Gasteiger charge is 2.12. The number of oxazole rings is 1. The van der Waals surface area contributed by atoms with Gasteiger partial charge < -0.3 is 4.42 Å². The van der Waals surface area contributed by atoms with Crippen LogP contribution in [-0.4, -0.2) is 23.0 Å². The van der Waals surface area contributed by atoms with Gasteiger partial charge in [0.05, 0.1) is 0 Å². The van der Waals surface area contributed by atoms with E-state index in [0.29, 0.717) is 5.89 Å². The van der Waals surface area contributed by atoms with Crippen molar-refractivity contribution >= 4 is 27.0 Å². The van der Waals surface area contributed by atoms with Crippen molar-refractivity contribution in [1.29, 1.82) is 0 Å². The molecule has 1 saturated heterocycles. The third kappa shape index (κ3) is 3.33. The Morgan fingerprint density at radius 1 is 1.00 bits per heavy atom. The molecule has 1 aliphatic heterocycles. The van der Waals surface area contributed by atoms with Gasteiger partial charge in [-0.1, -0.05) is 34.5 Å². The maximum atomic E-state index is 5.87. The Kier molecular flexibility index (Phi) is 4.19. The van der Waals surface area contributed by atoms with Crippen LogP contribution in [0.2, 0.25) is 0 Å². The summed E-state index contributed by atoms with van der Waals surface area (Å²) < 4.78 is 6.88. The Hall–Kier alpha value is -1.65. The normalized spacial score (nSPS) is 16.0. The fourth-order valence-corrected chi connectivity index (χ4v) is 3.49. The van der Waals surface area contributed by atoms with E-state index in [9.17, 15) is 0 Å². The van der Waals surface area contributed by atoms with E-state index in [-0.39, 0.29) is 0 Å². The van der Waals surface area contributed by atoms with Gasteiger partial charge in [0.15, 0.2) is 5.58 Å².